The highest BCUT2D eigenvalue weighted by molar-refractivity contribution is 6.04. The third kappa shape index (κ3) is 3.53. The lowest BCUT2D eigenvalue weighted by Crippen LogP contribution is -2.49. The van der Waals surface area contributed by atoms with Crippen LogP contribution in [-0.4, -0.2) is 53.2 Å². The van der Waals surface area contributed by atoms with Crippen LogP contribution in [0.15, 0.2) is 30.9 Å². The van der Waals surface area contributed by atoms with E-state index in [9.17, 15) is 9.59 Å². The number of carbonyl (C=O) groups is 2. The van der Waals surface area contributed by atoms with Gasteiger partial charge in [0.25, 0.3) is 5.91 Å². The summed E-state index contributed by atoms with van der Waals surface area (Å²) in [5.41, 5.74) is 8.31. The van der Waals surface area contributed by atoms with Gasteiger partial charge < -0.3 is 20.7 Å². The summed E-state index contributed by atoms with van der Waals surface area (Å²) in [7, 11) is 1.63. The molecule has 32 heavy (non-hydrogen) atoms. The quantitative estimate of drug-likeness (QED) is 0.700. The summed E-state index contributed by atoms with van der Waals surface area (Å²) in [6.45, 7) is 9.88. The molecule has 1 aromatic heterocycles. The van der Waals surface area contributed by atoms with E-state index in [2.05, 4.69) is 18.8 Å². The first kappa shape index (κ1) is 21.9. The van der Waals surface area contributed by atoms with Gasteiger partial charge in [0.2, 0.25) is 5.91 Å². The van der Waals surface area contributed by atoms with Crippen LogP contribution in [0, 0.1) is 12.8 Å². The van der Waals surface area contributed by atoms with E-state index in [1.165, 1.54) is 6.08 Å². The highest BCUT2D eigenvalue weighted by Gasteiger charge is 2.44. The summed E-state index contributed by atoms with van der Waals surface area (Å²) >= 11 is 0. The van der Waals surface area contributed by atoms with Gasteiger partial charge in [0, 0.05) is 25.2 Å². The zero-order valence-corrected chi connectivity index (χ0v) is 19.0. The van der Waals surface area contributed by atoms with Gasteiger partial charge in [-0.3, -0.25) is 9.59 Å². The van der Waals surface area contributed by atoms with E-state index in [1.54, 1.807) is 7.11 Å². The van der Waals surface area contributed by atoms with E-state index in [4.69, 9.17) is 15.6 Å². The van der Waals surface area contributed by atoms with Crippen molar-refractivity contribution in [1.82, 2.24) is 14.7 Å². The van der Waals surface area contributed by atoms with Crippen LogP contribution in [0.5, 0.6) is 5.75 Å². The molecule has 0 aliphatic carbocycles. The van der Waals surface area contributed by atoms with Gasteiger partial charge in [0.05, 0.1) is 12.6 Å². The number of nitrogens with one attached hydrogen (secondary N) is 1. The van der Waals surface area contributed by atoms with Crippen molar-refractivity contribution in [1.29, 1.82) is 0 Å². The monoisotopic (exact) mass is 437 g/mol. The maximum absolute atomic E-state index is 12.5. The van der Waals surface area contributed by atoms with Gasteiger partial charge in [0.1, 0.15) is 22.8 Å². The zero-order chi connectivity index (χ0) is 23.0. The number of nitrogens with two attached hydrogens (primary N) is 1. The minimum absolute atomic E-state index is 0.0229. The van der Waals surface area contributed by atoms with Crippen molar-refractivity contribution in [3.8, 4) is 17.0 Å². The summed E-state index contributed by atoms with van der Waals surface area (Å²) in [6, 6.07) is 5.79. The summed E-state index contributed by atoms with van der Waals surface area (Å²) < 4.78 is 7.44. The molecule has 4 rings (SSSR count). The summed E-state index contributed by atoms with van der Waals surface area (Å²) in [4.78, 5) is 26.4. The Morgan fingerprint density at radius 3 is 2.69 bits per heavy atom. The van der Waals surface area contributed by atoms with Gasteiger partial charge in [-0.2, -0.15) is 5.10 Å². The number of hydrogen-bond donors (Lipinski definition) is 2. The first-order chi connectivity index (χ1) is 15.3. The SMILES string of the molecule is C=CC(=O)N1CCC(C2(C)CCNc3c(C(N)=O)c(-c4ccc(C)c(OC)c4)nn32)CC1. The van der Waals surface area contributed by atoms with Crippen LogP contribution in [0.2, 0.25) is 0 Å². The fraction of sp³-hybridized carbons (Fsp3) is 0.458. The number of carbonyl (C=O) groups excluding carboxylic acids is 2. The molecule has 2 amide bonds. The summed E-state index contributed by atoms with van der Waals surface area (Å²) in [5, 5.41) is 8.31. The molecule has 0 saturated carbocycles. The molecule has 0 bridgehead atoms. The van der Waals surface area contributed by atoms with Crippen LogP contribution in [0.3, 0.4) is 0 Å². The van der Waals surface area contributed by atoms with E-state index < -0.39 is 5.91 Å². The minimum atomic E-state index is -0.510. The van der Waals surface area contributed by atoms with E-state index in [1.807, 2.05) is 34.7 Å². The fourth-order valence-corrected chi connectivity index (χ4v) is 5.12. The number of methoxy groups -OCH3 is 1. The van der Waals surface area contributed by atoms with Gasteiger partial charge in [-0.15, -0.1) is 0 Å². The smallest absolute Gasteiger partial charge is 0.254 e. The largest absolute Gasteiger partial charge is 0.496 e. The highest BCUT2D eigenvalue weighted by Crippen LogP contribution is 2.44. The number of ether oxygens (including phenoxy) is 1. The molecule has 2 aliphatic rings. The second kappa shape index (κ2) is 8.33. The molecule has 170 valence electrons. The van der Waals surface area contributed by atoms with Gasteiger partial charge in [-0.05, 0) is 56.7 Å². The number of aromatic nitrogens is 2. The van der Waals surface area contributed by atoms with Crippen LogP contribution in [0.4, 0.5) is 5.82 Å². The number of benzene rings is 1. The third-order valence-corrected chi connectivity index (χ3v) is 7.08. The zero-order valence-electron chi connectivity index (χ0n) is 19.0. The molecular formula is C24H31N5O3. The second-order valence-corrected chi connectivity index (χ2v) is 8.87. The van der Waals surface area contributed by atoms with Crippen molar-refractivity contribution in [2.75, 3.05) is 32.1 Å². The maximum atomic E-state index is 12.5. The molecule has 1 fully saturated rings. The normalized spacial score (nSPS) is 20.9. The number of fused-ring (bicyclic) bond motifs is 1. The molecule has 8 heteroatoms. The maximum Gasteiger partial charge on any atom is 0.254 e. The molecule has 1 saturated heterocycles. The lowest BCUT2D eigenvalue weighted by Gasteiger charge is -2.45. The van der Waals surface area contributed by atoms with Crippen molar-refractivity contribution in [2.24, 2.45) is 11.7 Å². The van der Waals surface area contributed by atoms with Crippen LogP contribution < -0.4 is 15.8 Å². The average molecular weight is 438 g/mol. The molecule has 2 aromatic rings. The van der Waals surface area contributed by atoms with Crippen LogP contribution in [-0.2, 0) is 10.3 Å². The van der Waals surface area contributed by atoms with E-state index in [0.717, 1.165) is 42.7 Å². The van der Waals surface area contributed by atoms with Crippen molar-refractivity contribution in [3.63, 3.8) is 0 Å². The number of hydrogen-bond acceptors (Lipinski definition) is 5. The first-order valence-corrected chi connectivity index (χ1v) is 11.0. The molecule has 3 heterocycles. The van der Waals surface area contributed by atoms with Crippen molar-refractivity contribution in [3.05, 3.63) is 42.0 Å². The Hall–Kier alpha value is -3.29. The number of anilines is 1. The minimum Gasteiger partial charge on any atom is -0.496 e. The molecule has 1 aromatic carbocycles. The Kier molecular flexibility index (Phi) is 5.71. The van der Waals surface area contributed by atoms with Crippen molar-refractivity contribution < 1.29 is 14.3 Å². The summed E-state index contributed by atoms with van der Waals surface area (Å²) in [6.07, 6.45) is 3.99. The highest BCUT2D eigenvalue weighted by atomic mass is 16.5. The molecule has 3 N–H and O–H groups in total. The Morgan fingerprint density at radius 1 is 1.34 bits per heavy atom. The molecule has 0 radical (unpaired) electrons. The van der Waals surface area contributed by atoms with E-state index >= 15 is 0 Å². The standard InChI is InChI=1S/C24H31N5O3/c1-5-19(30)28-12-8-17(9-13-28)24(3)10-11-26-23-20(22(25)31)21(27-29(23)24)16-7-6-15(2)18(14-16)32-4/h5-7,14,17,26H,1,8-13H2,2-4H3,(H2,25,31). The molecule has 1 atom stereocenters. The number of piperidine rings is 1. The molecule has 1 unspecified atom stereocenters. The van der Waals surface area contributed by atoms with Gasteiger partial charge in [-0.1, -0.05) is 18.7 Å². The Morgan fingerprint density at radius 2 is 2.06 bits per heavy atom. The number of nitrogens with zero attached hydrogens (tertiary/aromatic N) is 3. The molecule has 0 spiro atoms. The van der Waals surface area contributed by atoms with Crippen LogP contribution in [0.25, 0.3) is 11.3 Å². The third-order valence-electron chi connectivity index (χ3n) is 7.08. The number of likely N-dealkylation sites (tertiary alicyclic amines) is 1. The lowest BCUT2D eigenvalue weighted by molar-refractivity contribution is -0.128. The average Bonchev–Trinajstić information content (AvgIpc) is 3.20. The first-order valence-electron chi connectivity index (χ1n) is 11.0. The van der Waals surface area contributed by atoms with E-state index in [-0.39, 0.29) is 11.4 Å². The fourth-order valence-electron chi connectivity index (χ4n) is 5.12. The molecule has 2 aliphatic heterocycles. The van der Waals surface area contributed by atoms with Gasteiger partial charge in [0.15, 0.2) is 0 Å². The summed E-state index contributed by atoms with van der Waals surface area (Å²) in [5.74, 6) is 1.19. The van der Waals surface area contributed by atoms with Crippen molar-refractivity contribution in [2.45, 2.75) is 38.6 Å². The van der Waals surface area contributed by atoms with Crippen LogP contribution in [0.1, 0.15) is 42.1 Å². The number of primary amides is 1. The predicted octanol–water partition coefficient (Wildman–Crippen LogP) is 2.92. The van der Waals surface area contributed by atoms with E-state index in [0.29, 0.717) is 36.1 Å². The second-order valence-electron chi connectivity index (χ2n) is 8.87. The lowest BCUT2D eigenvalue weighted by atomic mass is 9.76. The van der Waals surface area contributed by atoms with Gasteiger partial charge in [-0.25, -0.2) is 4.68 Å². The molecular weight excluding hydrogens is 406 g/mol. The number of amides is 2. The Bertz CT molecular complexity index is 1070. The molecule has 8 nitrogen and oxygen atoms in total. The Labute approximate surface area is 188 Å². The predicted molar refractivity (Wildman–Crippen MR) is 124 cm³/mol. The van der Waals surface area contributed by atoms with Crippen LogP contribution >= 0.6 is 0 Å². The van der Waals surface area contributed by atoms with Crippen molar-refractivity contribution >= 4 is 17.6 Å². The number of rotatable bonds is 5. The van der Waals surface area contributed by atoms with Gasteiger partial charge >= 0.3 is 0 Å². The Balaban J connectivity index is 1.75. The number of aryl methyl sites for hydroxylation is 1. The topological polar surface area (TPSA) is 102 Å².